The monoisotopic (exact) mass is 392 g/mol. The molecule has 27 heavy (non-hydrogen) atoms. The molecule has 4 heterocycles. The first kappa shape index (κ1) is 18.5. The molecule has 146 valence electrons. The number of hydrogen-bond acceptors (Lipinski definition) is 7. The lowest BCUT2D eigenvalue weighted by Gasteiger charge is -2.42. The Kier molecular flexibility index (Phi) is 5.53. The van der Waals surface area contributed by atoms with E-state index in [4.69, 9.17) is 9.47 Å². The fourth-order valence-corrected chi connectivity index (χ4v) is 4.45. The molecule has 0 aromatic carbocycles. The Hall–Kier alpha value is -1.81. The van der Waals surface area contributed by atoms with Crippen molar-refractivity contribution < 1.29 is 14.3 Å². The van der Waals surface area contributed by atoms with Crippen LogP contribution in [0.25, 0.3) is 4.96 Å². The van der Waals surface area contributed by atoms with Crippen LogP contribution in [0.2, 0.25) is 0 Å². The number of morpholine rings is 1. The number of nitrogens with one attached hydrogen (secondary N) is 1. The molecule has 4 rings (SSSR count). The van der Waals surface area contributed by atoms with Crippen LogP contribution >= 0.6 is 11.3 Å². The van der Waals surface area contributed by atoms with Gasteiger partial charge in [0.05, 0.1) is 13.2 Å². The first-order valence-electron chi connectivity index (χ1n) is 9.28. The number of fused-ring (bicyclic) bond motifs is 1. The van der Waals surface area contributed by atoms with E-state index in [9.17, 15) is 9.59 Å². The zero-order valence-electron chi connectivity index (χ0n) is 15.2. The summed E-state index contributed by atoms with van der Waals surface area (Å²) in [7, 11) is 0. The molecule has 2 fully saturated rings. The molecule has 2 aliphatic heterocycles. The van der Waals surface area contributed by atoms with Gasteiger partial charge in [-0.3, -0.25) is 18.9 Å². The van der Waals surface area contributed by atoms with Crippen LogP contribution in [-0.4, -0.2) is 72.8 Å². The zero-order valence-corrected chi connectivity index (χ0v) is 16.0. The zero-order chi connectivity index (χ0) is 18.7. The van der Waals surface area contributed by atoms with Gasteiger partial charge in [-0.25, -0.2) is 4.98 Å². The molecule has 0 unspecified atom stereocenters. The Morgan fingerprint density at radius 1 is 1.22 bits per heavy atom. The van der Waals surface area contributed by atoms with E-state index in [-0.39, 0.29) is 22.4 Å². The van der Waals surface area contributed by atoms with E-state index >= 15 is 0 Å². The molecule has 2 aliphatic rings. The van der Waals surface area contributed by atoms with Crippen LogP contribution in [0.1, 0.15) is 23.2 Å². The van der Waals surface area contributed by atoms with Crippen molar-refractivity contribution >= 4 is 22.2 Å². The van der Waals surface area contributed by atoms with Crippen LogP contribution < -0.4 is 10.9 Å². The molecule has 0 spiro atoms. The van der Waals surface area contributed by atoms with Crippen molar-refractivity contribution in [1.82, 2.24) is 19.6 Å². The molecule has 0 atom stereocenters. The summed E-state index contributed by atoms with van der Waals surface area (Å²) in [6.45, 7) is 6.16. The van der Waals surface area contributed by atoms with Gasteiger partial charge in [-0.15, -0.1) is 11.3 Å². The first-order valence-corrected chi connectivity index (χ1v) is 10.2. The van der Waals surface area contributed by atoms with Gasteiger partial charge >= 0.3 is 0 Å². The highest BCUT2D eigenvalue weighted by Crippen LogP contribution is 2.31. The van der Waals surface area contributed by atoms with Gasteiger partial charge in [0.2, 0.25) is 0 Å². The van der Waals surface area contributed by atoms with E-state index in [0.29, 0.717) is 24.7 Å². The average molecular weight is 392 g/mol. The number of amides is 1. The van der Waals surface area contributed by atoms with E-state index in [0.717, 1.165) is 45.7 Å². The number of carbonyl (C=O) groups excluding carboxylic acids is 1. The average Bonchev–Trinajstić information content (AvgIpc) is 3.18. The van der Waals surface area contributed by atoms with Crippen LogP contribution in [-0.2, 0) is 9.47 Å². The van der Waals surface area contributed by atoms with Gasteiger partial charge in [-0.2, -0.15) is 0 Å². The summed E-state index contributed by atoms with van der Waals surface area (Å²) in [5, 5.41) is 4.78. The molecule has 0 bridgehead atoms. The first-order chi connectivity index (χ1) is 13.2. The highest BCUT2D eigenvalue weighted by Gasteiger charge is 2.35. The van der Waals surface area contributed by atoms with Crippen LogP contribution in [0.5, 0.6) is 0 Å². The minimum Gasteiger partial charge on any atom is -0.381 e. The second kappa shape index (κ2) is 8.05. The highest BCUT2D eigenvalue weighted by atomic mass is 32.1. The Balaban J connectivity index is 1.46. The molecule has 9 heteroatoms. The Labute approximate surface area is 161 Å². The summed E-state index contributed by atoms with van der Waals surface area (Å²) in [5.41, 5.74) is -0.283. The Bertz CT molecular complexity index is 852. The molecule has 0 saturated carbocycles. The van der Waals surface area contributed by atoms with Gasteiger partial charge in [0, 0.05) is 62.6 Å². The van der Waals surface area contributed by atoms with Gasteiger partial charge in [-0.05, 0) is 12.8 Å². The van der Waals surface area contributed by atoms with E-state index in [2.05, 4.69) is 15.2 Å². The molecule has 0 radical (unpaired) electrons. The van der Waals surface area contributed by atoms with Crippen LogP contribution in [0, 0.1) is 5.41 Å². The van der Waals surface area contributed by atoms with Gasteiger partial charge < -0.3 is 14.8 Å². The van der Waals surface area contributed by atoms with Crippen molar-refractivity contribution in [3.05, 3.63) is 33.7 Å². The fraction of sp³-hybridized carbons (Fsp3) is 0.611. The Morgan fingerprint density at radius 2 is 1.96 bits per heavy atom. The predicted molar refractivity (Wildman–Crippen MR) is 101 cm³/mol. The topological polar surface area (TPSA) is 85.2 Å². The van der Waals surface area contributed by atoms with Crippen LogP contribution in [0.15, 0.2) is 22.6 Å². The van der Waals surface area contributed by atoms with Crippen LogP contribution in [0.4, 0.5) is 0 Å². The van der Waals surface area contributed by atoms with Gasteiger partial charge in [-0.1, -0.05) is 0 Å². The molecule has 2 aromatic heterocycles. The van der Waals surface area contributed by atoms with Gasteiger partial charge in [0.15, 0.2) is 4.96 Å². The minimum absolute atomic E-state index is 0.0403. The molecule has 1 N–H and O–H groups in total. The summed E-state index contributed by atoms with van der Waals surface area (Å²) in [6, 6.07) is 0. The second-order valence-electron chi connectivity index (χ2n) is 7.22. The summed E-state index contributed by atoms with van der Waals surface area (Å²) >= 11 is 1.37. The van der Waals surface area contributed by atoms with E-state index in [1.54, 1.807) is 11.6 Å². The van der Waals surface area contributed by atoms with Gasteiger partial charge in [0.1, 0.15) is 5.56 Å². The number of thiazole rings is 1. The number of ether oxygens (including phenoxy) is 2. The molecule has 0 aliphatic carbocycles. The molecular weight excluding hydrogens is 368 g/mol. The highest BCUT2D eigenvalue weighted by molar-refractivity contribution is 7.15. The fourth-order valence-electron chi connectivity index (χ4n) is 3.77. The van der Waals surface area contributed by atoms with Crippen molar-refractivity contribution in [2.24, 2.45) is 5.41 Å². The van der Waals surface area contributed by atoms with Crippen molar-refractivity contribution in [1.29, 1.82) is 0 Å². The standard InChI is InChI=1S/C18H24N4O4S/c23-15(14-11-19-17-22(16(14)24)5-10-27-17)20-12-18(1-6-25-7-2-18)13-21-3-8-26-9-4-21/h5,10-11H,1-4,6-9,12-13H2,(H,20,23). The van der Waals surface area contributed by atoms with Gasteiger partial charge in [0.25, 0.3) is 11.5 Å². The second-order valence-corrected chi connectivity index (χ2v) is 8.09. The third-order valence-corrected chi connectivity index (χ3v) is 6.20. The van der Waals surface area contributed by atoms with Crippen molar-refractivity contribution in [2.75, 3.05) is 52.6 Å². The number of carbonyl (C=O) groups is 1. The number of nitrogens with zero attached hydrogens (tertiary/aromatic N) is 3. The van der Waals surface area contributed by atoms with Crippen LogP contribution in [0.3, 0.4) is 0 Å². The normalized spacial score (nSPS) is 20.6. The summed E-state index contributed by atoms with van der Waals surface area (Å²) in [5.74, 6) is -0.360. The maximum absolute atomic E-state index is 12.7. The molecule has 1 amide bonds. The number of hydrogen-bond donors (Lipinski definition) is 1. The lowest BCUT2D eigenvalue weighted by atomic mass is 9.79. The summed E-state index contributed by atoms with van der Waals surface area (Å²) in [4.78, 5) is 32.4. The number of aromatic nitrogens is 2. The molecule has 2 aromatic rings. The predicted octanol–water partition coefficient (Wildman–Crippen LogP) is 0.615. The lowest BCUT2D eigenvalue weighted by molar-refractivity contribution is -0.0283. The maximum atomic E-state index is 12.7. The summed E-state index contributed by atoms with van der Waals surface area (Å²) in [6.07, 6.45) is 4.81. The lowest BCUT2D eigenvalue weighted by Crippen LogP contribution is -2.51. The SMILES string of the molecule is O=C(NCC1(CN2CCOCC2)CCOCC1)c1cnc2sccn2c1=O. The number of rotatable bonds is 5. The van der Waals surface area contributed by atoms with E-state index in [1.165, 1.54) is 21.9 Å². The smallest absolute Gasteiger partial charge is 0.271 e. The van der Waals surface area contributed by atoms with Crippen molar-refractivity contribution in [2.45, 2.75) is 12.8 Å². The molecular formula is C18H24N4O4S. The Morgan fingerprint density at radius 3 is 2.74 bits per heavy atom. The largest absolute Gasteiger partial charge is 0.381 e. The summed E-state index contributed by atoms with van der Waals surface area (Å²) < 4.78 is 12.4. The maximum Gasteiger partial charge on any atom is 0.271 e. The van der Waals surface area contributed by atoms with E-state index in [1.807, 2.05) is 0 Å². The van der Waals surface area contributed by atoms with E-state index < -0.39 is 0 Å². The van der Waals surface area contributed by atoms with Crippen molar-refractivity contribution in [3.8, 4) is 0 Å². The van der Waals surface area contributed by atoms with Crippen molar-refractivity contribution in [3.63, 3.8) is 0 Å². The minimum atomic E-state index is -0.360. The third-order valence-electron chi connectivity index (χ3n) is 5.43. The third kappa shape index (κ3) is 4.06. The molecule has 2 saturated heterocycles. The molecule has 8 nitrogen and oxygen atoms in total. The quantitative estimate of drug-likeness (QED) is 0.803.